The molecule has 0 fully saturated rings. The molecule has 0 aliphatic rings. The number of esters is 1. The van der Waals surface area contributed by atoms with Crippen LogP contribution in [0.2, 0.25) is 0 Å². The molecule has 1 rings (SSSR count). The van der Waals surface area contributed by atoms with Gasteiger partial charge in [-0.15, -0.1) is 6.58 Å². The Balaban J connectivity index is 2.56. The highest BCUT2D eigenvalue weighted by Crippen LogP contribution is 2.10. The van der Waals surface area contributed by atoms with E-state index in [0.717, 1.165) is 19.3 Å². The maximum atomic E-state index is 11.7. The molecule has 1 aromatic rings. The number of ether oxygens (including phenoxy) is 1. The Morgan fingerprint density at radius 2 is 1.89 bits per heavy atom. The topological polar surface area (TPSA) is 63.6 Å². The molecule has 1 aromatic carbocycles. The molecule has 0 heterocycles. The fourth-order valence-corrected chi connectivity index (χ4v) is 1.48. The summed E-state index contributed by atoms with van der Waals surface area (Å²) < 4.78 is 5.03. The van der Waals surface area contributed by atoms with Gasteiger partial charge in [0.15, 0.2) is 0 Å². The van der Waals surface area contributed by atoms with Gasteiger partial charge >= 0.3 is 11.9 Å². The minimum Gasteiger partial charge on any atom is -0.478 e. The quantitative estimate of drug-likeness (QED) is 0.458. The van der Waals surface area contributed by atoms with Crippen molar-refractivity contribution < 1.29 is 19.4 Å². The lowest BCUT2D eigenvalue weighted by Gasteiger charge is -2.06. The standard InChI is InChI=1S/C14H16O4/c1-2-3-4-7-10-18-14(17)12-9-6-5-8-11(12)13(15)16/h2,5-6,8-9H,1,3-4,7,10H2,(H,15,16). The second-order valence-electron chi connectivity index (χ2n) is 3.77. The molecule has 0 atom stereocenters. The van der Waals surface area contributed by atoms with Crippen LogP contribution in [0.1, 0.15) is 40.0 Å². The number of carbonyl (C=O) groups excluding carboxylic acids is 1. The number of hydrogen-bond acceptors (Lipinski definition) is 3. The molecule has 0 aliphatic carbocycles. The van der Waals surface area contributed by atoms with Crippen molar-refractivity contribution in [2.75, 3.05) is 6.61 Å². The first-order valence-corrected chi connectivity index (χ1v) is 5.77. The third-order valence-electron chi connectivity index (χ3n) is 2.41. The number of hydrogen-bond donors (Lipinski definition) is 1. The van der Waals surface area contributed by atoms with Crippen molar-refractivity contribution in [2.24, 2.45) is 0 Å². The van der Waals surface area contributed by atoms with E-state index in [2.05, 4.69) is 6.58 Å². The molecule has 0 saturated heterocycles. The van der Waals surface area contributed by atoms with E-state index in [0.29, 0.717) is 6.61 Å². The van der Waals surface area contributed by atoms with Crippen LogP contribution >= 0.6 is 0 Å². The fourth-order valence-electron chi connectivity index (χ4n) is 1.48. The van der Waals surface area contributed by atoms with Gasteiger partial charge in [0.1, 0.15) is 0 Å². The lowest BCUT2D eigenvalue weighted by Crippen LogP contribution is -2.12. The van der Waals surface area contributed by atoms with Crippen LogP contribution in [0.15, 0.2) is 36.9 Å². The zero-order valence-electron chi connectivity index (χ0n) is 10.1. The SMILES string of the molecule is C=CCCCCOC(=O)c1ccccc1C(=O)O. The summed E-state index contributed by atoms with van der Waals surface area (Å²) in [6, 6.07) is 6.03. The molecule has 4 nitrogen and oxygen atoms in total. The highest BCUT2D eigenvalue weighted by Gasteiger charge is 2.16. The summed E-state index contributed by atoms with van der Waals surface area (Å²) in [4.78, 5) is 22.6. The highest BCUT2D eigenvalue weighted by atomic mass is 16.5. The normalized spacial score (nSPS) is 9.78. The second-order valence-corrected chi connectivity index (χ2v) is 3.77. The van der Waals surface area contributed by atoms with Crippen LogP contribution in [-0.2, 0) is 4.74 Å². The number of carboxylic acid groups (broad SMARTS) is 1. The van der Waals surface area contributed by atoms with Crippen LogP contribution in [0.5, 0.6) is 0 Å². The molecule has 18 heavy (non-hydrogen) atoms. The van der Waals surface area contributed by atoms with Gasteiger partial charge < -0.3 is 9.84 Å². The number of benzene rings is 1. The molecule has 0 bridgehead atoms. The van der Waals surface area contributed by atoms with Gasteiger partial charge in [-0.1, -0.05) is 18.2 Å². The van der Waals surface area contributed by atoms with Crippen LogP contribution in [0.4, 0.5) is 0 Å². The summed E-state index contributed by atoms with van der Waals surface area (Å²) in [5, 5.41) is 8.94. The maximum absolute atomic E-state index is 11.7. The lowest BCUT2D eigenvalue weighted by molar-refractivity contribution is 0.0488. The zero-order valence-corrected chi connectivity index (χ0v) is 10.1. The largest absolute Gasteiger partial charge is 0.478 e. The van der Waals surface area contributed by atoms with E-state index in [1.807, 2.05) is 6.08 Å². The predicted molar refractivity (Wildman–Crippen MR) is 67.7 cm³/mol. The first kappa shape index (κ1) is 14.0. The molecule has 4 heteroatoms. The fraction of sp³-hybridized carbons (Fsp3) is 0.286. The number of carboxylic acids is 1. The van der Waals surface area contributed by atoms with Crippen LogP contribution in [-0.4, -0.2) is 23.7 Å². The van der Waals surface area contributed by atoms with Crippen molar-refractivity contribution in [3.63, 3.8) is 0 Å². The molecule has 0 radical (unpaired) electrons. The van der Waals surface area contributed by atoms with Gasteiger partial charge in [0.05, 0.1) is 17.7 Å². The van der Waals surface area contributed by atoms with Crippen molar-refractivity contribution in [3.05, 3.63) is 48.0 Å². The molecule has 1 N–H and O–H groups in total. The van der Waals surface area contributed by atoms with E-state index in [1.54, 1.807) is 12.1 Å². The van der Waals surface area contributed by atoms with E-state index in [4.69, 9.17) is 9.84 Å². The van der Waals surface area contributed by atoms with Gasteiger partial charge in [-0.25, -0.2) is 9.59 Å². The van der Waals surface area contributed by atoms with Gasteiger partial charge in [-0.2, -0.15) is 0 Å². The van der Waals surface area contributed by atoms with Crippen molar-refractivity contribution in [3.8, 4) is 0 Å². The van der Waals surface area contributed by atoms with Gasteiger partial charge in [-0.05, 0) is 31.4 Å². The Bertz CT molecular complexity index is 437. The zero-order chi connectivity index (χ0) is 13.4. The molecule has 0 aromatic heterocycles. The maximum Gasteiger partial charge on any atom is 0.339 e. The van der Waals surface area contributed by atoms with Crippen molar-refractivity contribution >= 4 is 11.9 Å². The monoisotopic (exact) mass is 248 g/mol. The van der Waals surface area contributed by atoms with Crippen LogP contribution in [0.25, 0.3) is 0 Å². The Kier molecular flexibility index (Phi) is 5.64. The Hall–Kier alpha value is -2.10. The van der Waals surface area contributed by atoms with Gasteiger partial charge in [-0.3, -0.25) is 0 Å². The van der Waals surface area contributed by atoms with Crippen LogP contribution < -0.4 is 0 Å². The first-order chi connectivity index (χ1) is 8.66. The minimum atomic E-state index is -1.13. The van der Waals surface area contributed by atoms with E-state index < -0.39 is 11.9 Å². The molecular weight excluding hydrogens is 232 g/mol. The third kappa shape index (κ3) is 4.05. The van der Waals surface area contributed by atoms with E-state index >= 15 is 0 Å². The summed E-state index contributed by atoms with van der Waals surface area (Å²) in [5.74, 6) is -1.72. The second kappa shape index (κ2) is 7.27. The highest BCUT2D eigenvalue weighted by molar-refractivity contribution is 6.02. The Labute approximate surface area is 106 Å². The van der Waals surface area contributed by atoms with Crippen molar-refractivity contribution in [1.82, 2.24) is 0 Å². The summed E-state index contributed by atoms with van der Waals surface area (Å²) in [7, 11) is 0. The van der Waals surface area contributed by atoms with Crippen LogP contribution in [0.3, 0.4) is 0 Å². The minimum absolute atomic E-state index is 0.0337. The average molecular weight is 248 g/mol. The van der Waals surface area contributed by atoms with Crippen LogP contribution in [0, 0.1) is 0 Å². The average Bonchev–Trinajstić information content (AvgIpc) is 2.38. The van der Waals surface area contributed by atoms with Gasteiger partial charge in [0.25, 0.3) is 0 Å². The Morgan fingerprint density at radius 3 is 2.50 bits per heavy atom. The summed E-state index contributed by atoms with van der Waals surface area (Å²) in [6.07, 6.45) is 4.33. The summed E-state index contributed by atoms with van der Waals surface area (Å²) in [6.45, 7) is 3.89. The molecule has 0 aliphatic heterocycles. The Morgan fingerprint density at radius 1 is 1.22 bits per heavy atom. The molecule has 0 spiro atoms. The van der Waals surface area contributed by atoms with Gasteiger partial charge in [0, 0.05) is 0 Å². The lowest BCUT2D eigenvalue weighted by atomic mass is 10.1. The molecule has 0 unspecified atom stereocenters. The third-order valence-corrected chi connectivity index (χ3v) is 2.41. The predicted octanol–water partition coefficient (Wildman–Crippen LogP) is 2.90. The smallest absolute Gasteiger partial charge is 0.339 e. The van der Waals surface area contributed by atoms with E-state index in [-0.39, 0.29) is 11.1 Å². The number of unbranched alkanes of at least 4 members (excludes halogenated alkanes) is 2. The van der Waals surface area contributed by atoms with Crippen molar-refractivity contribution in [1.29, 1.82) is 0 Å². The number of allylic oxidation sites excluding steroid dienone is 1. The number of rotatable bonds is 7. The summed E-state index contributed by atoms with van der Waals surface area (Å²) >= 11 is 0. The molecule has 0 saturated carbocycles. The number of carbonyl (C=O) groups is 2. The first-order valence-electron chi connectivity index (χ1n) is 5.77. The number of aromatic carboxylic acids is 1. The van der Waals surface area contributed by atoms with E-state index in [9.17, 15) is 9.59 Å². The summed E-state index contributed by atoms with van der Waals surface area (Å²) in [5.41, 5.74) is 0.0577. The van der Waals surface area contributed by atoms with E-state index in [1.165, 1.54) is 12.1 Å². The molecular formula is C14H16O4. The van der Waals surface area contributed by atoms with Gasteiger partial charge in [0.2, 0.25) is 0 Å². The van der Waals surface area contributed by atoms with Crippen molar-refractivity contribution in [2.45, 2.75) is 19.3 Å². The molecule has 96 valence electrons. The molecule has 0 amide bonds.